The second-order valence-electron chi connectivity index (χ2n) is 5.81. The number of ether oxygens (including phenoxy) is 1. The summed E-state index contributed by atoms with van der Waals surface area (Å²) in [5.41, 5.74) is 0.956. The third-order valence-corrected chi connectivity index (χ3v) is 4.14. The molecule has 0 aromatic heterocycles. The Morgan fingerprint density at radius 1 is 1.35 bits per heavy atom. The number of β-amino-alcohol motifs (C(OH)–C–C–N with tert-alkyl or cyclic N) is 1. The Morgan fingerprint density at radius 3 is 2.65 bits per heavy atom. The maximum absolute atomic E-state index is 10.4. The molecule has 2 rings (SSSR count). The molecule has 1 fully saturated rings. The van der Waals surface area contributed by atoms with Crippen molar-refractivity contribution in [2.45, 2.75) is 25.0 Å². The lowest BCUT2D eigenvalue weighted by Gasteiger charge is -2.37. The van der Waals surface area contributed by atoms with E-state index in [1.165, 1.54) is 12.8 Å². The summed E-state index contributed by atoms with van der Waals surface area (Å²) in [6.45, 7) is 2.83. The summed E-state index contributed by atoms with van der Waals surface area (Å²) in [4.78, 5) is 4.65. The minimum absolute atomic E-state index is 0.429. The SMILES string of the molecule is COc1ccc(C(O)CN2CCCC(N(C)C)C2)cc1. The molecule has 20 heavy (non-hydrogen) atoms. The zero-order valence-electron chi connectivity index (χ0n) is 12.7. The van der Waals surface area contributed by atoms with Gasteiger partial charge in [0.2, 0.25) is 0 Å². The first-order chi connectivity index (χ1) is 9.60. The summed E-state index contributed by atoms with van der Waals surface area (Å²) < 4.78 is 5.14. The molecule has 1 aromatic rings. The molecule has 1 aliphatic heterocycles. The van der Waals surface area contributed by atoms with Crippen LogP contribution in [0.3, 0.4) is 0 Å². The first-order valence-electron chi connectivity index (χ1n) is 7.31. The van der Waals surface area contributed by atoms with Crippen LogP contribution in [0.15, 0.2) is 24.3 Å². The maximum Gasteiger partial charge on any atom is 0.118 e. The fraction of sp³-hybridized carbons (Fsp3) is 0.625. The van der Waals surface area contributed by atoms with Gasteiger partial charge in [-0.3, -0.25) is 4.90 Å². The number of rotatable bonds is 5. The highest BCUT2D eigenvalue weighted by Crippen LogP contribution is 2.21. The van der Waals surface area contributed by atoms with Crippen molar-refractivity contribution in [3.63, 3.8) is 0 Å². The predicted octanol–water partition coefficient (Wildman–Crippen LogP) is 1.75. The number of benzene rings is 1. The standard InChI is InChI=1S/C16H26N2O2/c1-17(2)14-5-4-10-18(11-14)12-16(19)13-6-8-15(20-3)9-7-13/h6-9,14,16,19H,4-5,10-12H2,1-3H3. The molecule has 0 saturated carbocycles. The summed E-state index contributed by atoms with van der Waals surface area (Å²) in [5, 5.41) is 10.4. The van der Waals surface area contributed by atoms with Gasteiger partial charge in [0.15, 0.2) is 0 Å². The molecule has 0 amide bonds. The topological polar surface area (TPSA) is 35.9 Å². The van der Waals surface area contributed by atoms with Crippen molar-refractivity contribution in [1.29, 1.82) is 0 Å². The highest BCUT2D eigenvalue weighted by atomic mass is 16.5. The molecular weight excluding hydrogens is 252 g/mol. The molecule has 1 aliphatic rings. The molecule has 2 unspecified atom stereocenters. The summed E-state index contributed by atoms with van der Waals surface area (Å²) >= 11 is 0. The molecule has 0 aliphatic carbocycles. The lowest BCUT2D eigenvalue weighted by molar-refractivity contribution is 0.0721. The van der Waals surface area contributed by atoms with Crippen LogP contribution in [0.5, 0.6) is 5.75 Å². The van der Waals surface area contributed by atoms with E-state index in [0.717, 1.165) is 24.4 Å². The van der Waals surface area contributed by atoms with Crippen LogP contribution < -0.4 is 4.74 Å². The van der Waals surface area contributed by atoms with Gasteiger partial charge in [-0.1, -0.05) is 12.1 Å². The second-order valence-corrected chi connectivity index (χ2v) is 5.81. The highest BCUT2D eigenvalue weighted by molar-refractivity contribution is 5.28. The van der Waals surface area contributed by atoms with Crippen molar-refractivity contribution in [2.75, 3.05) is 40.8 Å². The number of hydrogen-bond donors (Lipinski definition) is 1. The molecule has 0 spiro atoms. The quantitative estimate of drug-likeness (QED) is 0.890. The Balaban J connectivity index is 1.91. The van der Waals surface area contributed by atoms with Gasteiger partial charge in [0.25, 0.3) is 0 Å². The van der Waals surface area contributed by atoms with Gasteiger partial charge in [-0.25, -0.2) is 0 Å². The van der Waals surface area contributed by atoms with Gasteiger partial charge in [-0.15, -0.1) is 0 Å². The lowest BCUT2D eigenvalue weighted by Crippen LogP contribution is -2.46. The Bertz CT molecular complexity index is 405. The predicted molar refractivity (Wildman–Crippen MR) is 81.1 cm³/mol. The number of piperidine rings is 1. The van der Waals surface area contributed by atoms with E-state index < -0.39 is 6.10 Å². The molecule has 4 nitrogen and oxygen atoms in total. The molecular formula is C16H26N2O2. The summed E-state index contributed by atoms with van der Waals surface area (Å²) in [7, 11) is 5.92. The van der Waals surface area contributed by atoms with Gasteiger partial charge in [0.05, 0.1) is 13.2 Å². The Labute approximate surface area is 122 Å². The monoisotopic (exact) mass is 278 g/mol. The van der Waals surface area contributed by atoms with Gasteiger partial charge < -0.3 is 14.7 Å². The molecule has 4 heteroatoms. The van der Waals surface area contributed by atoms with Crippen LogP contribution in [0.25, 0.3) is 0 Å². The minimum Gasteiger partial charge on any atom is -0.497 e. The first kappa shape index (κ1) is 15.3. The molecule has 1 N–H and O–H groups in total. The zero-order chi connectivity index (χ0) is 14.5. The van der Waals surface area contributed by atoms with Crippen molar-refractivity contribution in [3.05, 3.63) is 29.8 Å². The lowest BCUT2D eigenvalue weighted by atomic mass is 10.0. The van der Waals surface area contributed by atoms with E-state index in [-0.39, 0.29) is 0 Å². The van der Waals surface area contributed by atoms with Crippen molar-refractivity contribution in [2.24, 2.45) is 0 Å². The fourth-order valence-corrected chi connectivity index (χ4v) is 2.79. The summed E-state index contributed by atoms with van der Waals surface area (Å²) in [6, 6.07) is 8.29. The van der Waals surface area contributed by atoms with Gasteiger partial charge in [-0.05, 0) is 51.2 Å². The molecule has 0 radical (unpaired) electrons. The maximum atomic E-state index is 10.4. The van der Waals surface area contributed by atoms with Gasteiger partial charge >= 0.3 is 0 Å². The number of nitrogens with zero attached hydrogens (tertiary/aromatic N) is 2. The molecule has 1 aromatic carbocycles. The molecule has 0 bridgehead atoms. The number of likely N-dealkylation sites (N-methyl/N-ethyl adjacent to an activating group) is 1. The van der Waals surface area contributed by atoms with E-state index in [1.807, 2.05) is 24.3 Å². The first-order valence-corrected chi connectivity index (χ1v) is 7.31. The highest BCUT2D eigenvalue weighted by Gasteiger charge is 2.23. The molecule has 1 heterocycles. The number of aliphatic hydroxyl groups is 1. The average molecular weight is 278 g/mol. The van der Waals surface area contributed by atoms with E-state index in [1.54, 1.807) is 7.11 Å². The largest absolute Gasteiger partial charge is 0.497 e. The number of likely N-dealkylation sites (tertiary alicyclic amines) is 1. The number of hydrogen-bond acceptors (Lipinski definition) is 4. The van der Waals surface area contributed by atoms with Crippen LogP contribution in [0.1, 0.15) is 24.5 Å². The number of methoxy groups -OCH3 is 1. The van der Waals surface area contributed by atoms with E-state index in [0.29, 0.717) is 12.6 Å². The average Bonchev–Trinajstić information content (AvgIpc) is 2.47. The molecule has 2 atom stereocenters. The smallest absolute Gasteiger partial charge is 0.118 e. The third-order valence-electron chi connectivity index (χ3n) is 4.14. The van der Waals surface area contributed by atoms with Crippen molar-refractivity contribution < 1.29 is 9.84 Å². The van der Waals surface area contributed by atoms with E-state index in [4.69, 9.17) is 4.74 Å². The fourth-order valence-electron chi connectivity index (χ4n) is 2.79. The normalized spacial score (nSPS) is 21.9. The van der Waals surface area contributed by atoms with Gasteiger partial charge in [-0.2, -0.15) is 0 Å². The molecule has 1 saturated heterocycles. The van der Waals surface area contributed by atoms with Crippen molar-refractivity contribution >= 4 is 0 Å². The van der Waals surface area contributed by atoms with Crippen molar-refractivity contribution in [3.8, 4) is 5.75 Å². The second kappa shape index (κ2) is 7.07. The van der Waals surface area contributed by atoms with Gasteiger partial charge in [0.1, 0.15) is 5.75 Å². The zero-order valence-corrected chi connectivity index (χ0v) is 12.7. The van der Waals surface area contributed by atoms with E-state index in [2.05, 4.69) is 23.9 Å². The Hall–Kier alpha value is -1.10. The number of aliphatic hydroxyl groups excluding tert-OH is 1. The Kier molecular flexibility index (Phi) is 5.40. The summed E-state index contributed by atoms with van der Waals surface area (Å²) in [6.07, 6.45) is 2.03. The van der Waals surface area contributed by atoms with Crippen LogP contribution in [0, 0.1) is 0 Å². The van der Waals surface area contributed by atoms with Crippen LogP contribution >= 0.6 is 0 Å². The molecule has 112 valence electrons. The minimum atomic E-state index is -0.429. The van der Waals surface area contributed by atoms with Crippen LogP contribution in [-0.2, 0) is 0 Å². The third kappa shape index (κ3) is 3.95. The van der Waals surface area contributed by atoms with Gasteiger partial charge in [0, 0.05) is 19.1 Å². The van der Waals surface area contributed by atoms with Crippen LogP contribution in [-0.4, -0.2) is 61.8 Å². The van der Waals surface area contributed by atoms with Crippen LogP contribution in [0.4, 0.5) is 0 Å². The van der Waals surface area contributed by atoms with E-state index in [9.17, 15) is 5.11 Å². The van der Waals surface area contributed by atoms with Crippen molar-refractivity contribution in [1.82, 2.24) is 9.80 Å². The Morgan fingerprint density at radius 2 is 2.05 bits per heavy atom. The summed E-state index contributed by atoms with van der Waals surface area (Å²) in [5.74, 6) is 0.826. The van der Waals surface area contributed by atoms with E-state index >= 15 is 0 Å². The van der Waals surface area contributed by atoms with Crippen LogP contribution in [0.2, 0.25) is 0 Å².